The molecule has 2 aromatic rings. The van der Waals surface area contributed by atoms with Gasteiger partial charge in [-0.05, 0) is 60.7 Å². The monoisotopic (exact) mass is 322 g/mol. The smallest absolute Gasteiger partial charge is 0.244 e. The number of nitrogens with one attached hydrogen (secondary N) is 1. The van der Waals surface area contributed by atoms with E-state index in [4.69, 9.17) is 4.74 Å². The first-order chi connectivity index (χ1) is 11.8. The van der Waals surface area contributed by atoms with Gasteiger partial charge in [-0.2, -0.15) is 0 Å². The van der Waals surface area contributed by atoms with Crippen LogP contribution in [0.2, 0.25) is 0 Å². The molecule has 2 aliphatic rings. The molecule has 4 heteroatoms. The van der Waals surface area contributed by atoms with Gasteiger partial charge in [0.1, 0.15) is 5.75 Å². The molecule has 0 saturated carbocycles. The largest absolute Gasteiger partial charge is 0.497 e. The van der Waals surface area contributed by atoms with Crippen molar-refractivity contribution in [2.75, 3.05) is 25.1 Å². The molecular weight excluding hydrogens is 300 g/mol. The van der Waals surface area contributed by atoms with Crippen molar-refractivity contribution in [3.05, 3.63) is 48.0 Å². The summed E-state index contributed by atoms with van der Waals surface area (Å²) in [6.45, 7) is 1.72. The quantitative estimate of drug-likeness (QED) is 0.944. The highest BCUT2D eigenvalue weighted by Gasteiger charge is 2.32. The number of nitrogens with zero attached hydrogens (tertiary/aromatic N) is 1. The van der Waals surface area contributed by atoms with Crippen LogP contribution < -0.4 is 15.0 Å². The molecule has 1 N–H and O–H groups in total. The Hall–Kier alpha value is -2.33. The average molecular weight is 322 g/mol. The predicted molar refractivity (Wildman–Crippen MR) is 95.5 cm³/mol. The highest BCUT2D eigenvalue weighted by Crippen LogP contribution is 2.37. The maximum atomic E-state index is 12.8. The second-order valence-electron chi connectivity index (χ2n) is 6.42. The van der Waals surface area contributed by atoms with Gasteiger partial charge >= 0.3 is 0 Å². The van der Waals surface area contributed by atoms with Crippen molar-refractivity contribution < 1.29 is 9.53 Å². The average Bonchev–Trinajstić information content (AvgIpc) is 3.31. The SMILES string of the molecule is COc1ccc(-c2cccc3c2CCN3C(=O)C2CCCN2)cc1. The van der Waals surface area contributed by atoms with Crippen LogP contribution in [-0.2, 0) is 11.2 Å². The summed E-state index contributed by atoms with van der Waals surface area (Å²) in [5.74, 6) is 1.08. The molecule has 124 valence electrons. The van der Waals surface area contributed by atoms with Gasteiger partial charge in [-0.25, -0.2) is 0 Å². The molecule has 4 nitrogen and oxygen atoms in total. The predicted octanol–water partition coefficient (Wildman–Crippen LogP) is 3.00. The van der Waals surface area contributed by atoms with Gasteiger partial charge < -0.3 is 15.0 Å². The van der Waals surface area contributed by atoms with Gasteiger partial charge in [0, 0.05) is 12.2 Å². The topological polar surface area (TPSA) is 41.6 Å². The van der Waals surface area contributed by atoms with Crippen LogP contribution in [0.5, 0.6) is 5.75 Å². The fraction of sp³-hybridized carbons (Fsp3) is 0.350. The standard InChI is InChI=1S/C20H22N2O2/c1-24-15-9-7-14(8-10-15)16-4-2-6-19-17(16)11-13-22(19)20(23)18-5-3-12-21-18/h2,4,6-10,18,21H,3,5,11-13H2,1H3. The molecule has 0 spiro atoms. The van der Waals surface area contributed by atoms with Crippen molar-refractivity contribution in [3.63, 3.8) is 0 Å². The maximum absolute atomic E-state index is 12.8. The van der Waals surface area contributed by atoms with Crippen LogP contribution in [0, 0.1) is 0 Å². The first-order valence-electron chi connectivity index (χ1n) is 8.59. The minimum Gasteiger partial charge on any atom is -0.497 e. The number of amides is 1. The summed E-state index contributed by atoms with van der Waals surface area (Å²) in [6.07, 6.45) is 2.95. The highest BCUT2D eigenvalue weighted by molar-refractivity contribution is 6.00. The van der Waals surface area contributed by atoms with Crippen LogP contribution in [0.25, 0.3) is 11.1 Å². The van der Waals surface area contributed by atoms with E-state index < -0.39 is 0 Å². The summed E-state index contributed by atoms with van der Waals surface area (Å²) in [7, 11) is 1.68. The number of hydrogen-bond acceptors (Lipinski definition) is 3. The fourth-order valence-electron chi connectivity index (χ4n) is 3.79. The van der Waals surface area contributed by atoms with E-state index in [1.54, 1.807) is 7.11 Å². The fourth-order valence-corrected chi connectivity index (χ4v) is 3.79. The van der Waals surface area contributed by atoms with Crippen molar-refractivity contribution in [2.24, 2.45) is 0 Å². The lowest BCUT2D eigenvalue weighted by atomic mass is 9.98. The molecule has 0 bridgehead atoms. The zero-order chi connectivity index (χ0) is 16.5. The number of carbonyl (C=O) groups excluding carboxylic acids is 1. The van der Waals surface area contributed by atoms with Crippen molar-refractivity contribution in [1.82, 2.24) is 5.32 Å². The lowest BCUT2D eigenvalue weighted by Gasteiger charge is -2.21. The Morgan fingerprint density at radius 1 is 1.21 bits per heavy atom. The third-order valence-corrected chi connectivity index (χ3v) is 5.05. The lowest BCUT2D eigenvalue weighted by molar-refractivity contribution is -0.120. The van der Waals surface area contributed by atoms with Crippen LogP contribution >= 0.6 is 0 Å². The Morgan fingerprint density at radius 3 is 2.75 bits per heavy atom. The second kappa shape index (κ2) is 6.29. The minimum atomic E-state index is -0.0133. The van der Waals surface area contributed by atoms with Gasteiger partial charge in [0.25, 0.3) is 0 Å². The first-order valence-corrected chi connectivity index (χ1v) is 8.59. The number of anilines is 1. The third-order valence-electron chi connectivity index (χ3n) is 5.05. The van der Waals surface area contributed by atoms with E-state index in [1.165, 1.54) is 16.7 Å². The van der Waals surface area contributed by atoms with Gasteiger partial charge in [-0.1, -0.05) is 24.3 Å². The van der Waals surface area contributed by atoms with Gasteiger partial charge in [0.15, 0.2) is 0 Å². The van der Waals surface area contributed by atoms with E-state index in [0.29, 0.717) is 0 Å². The third kappa shape index (κ3) is 2.57. The van der Waals surface area contributed by atoms with E-state index in [1.807, 2.05) is 23.1 Å². The van der Waals surface area contributed by atoms with Crippen molar-refractivity contribution >= 4 is 11.6 Å². The van der Waals surface area contributed by atoms with Crippen LogP contribution in [-0.4, -0.2) is 32.1 Å². The van der Waals surface area contributed by atoms with Crippen molar-refractivity contribution in [2.45, 2.75) is 25.3 Å². The molecule has 0 aromatic heterocycles. The van der Waals surface area contributed by atoms with Crippen molar-refractivity contribution in [3.8, 4) is 16.9 Å². The molecule has 1 unspecified atom stereocenters. The van der Waals surface area contributed by atoms with E-state index in [2.05, 4.69) is 29.6 Å². The van der Waals surface area contributed by atoms with Crippen LogP contribution in [0.3, 0.4) is 0 Å². The molecule has 0 radical (unpaired) electrons. The molecule has 1 atom stereocenters. The Balaban J connectivity index is 1.66. The van der Waals surface area contributed by atoms with E-state index in [-0.39, 0.29) is 11.9 Å². The normalized spacial score (nSPS) is 19.4. The number of methoxy groups -OCH3 is 1. The van der Waals surface area contributed by atoms with Crippen molar-refractivity contribution in [1.29, 1.82) is 0 Å². The molecule has 1 amide bonds. The van der Waals surface area contributed by atoms with Crippen LogP contribution in [0.1, 0.15) is 18.4 Å². The Bertz CT molecular complexity index is 749. The van der Waals surface area contributed by atoms with Crippen LogP contribution in [0.15, 0.2) is 42.5 Å². The molecule has 1 fully saturated rings. The number of carbonyl (C=O) groups is 1. The van der Waals surface area contributed by atoms with Gasteiger partial charge in [-0.15, -0.1) is 0 Å². The zero-order valence-corrected chi connectivity index (χ0v) is 13.9. The van der Waals surface area contributed by atoms with E-state index in [0.717, 1.165) is 43.8 Å². The molecular formula is C20H22N2O2. The Kier molecular flexibility index (Phi) is 3.98. The summed E-state index contributed by atoms with van der Waals surface area (Å²) in [4.78, 5) is 14.8. The summed E-state index contributed by atoms with van der Waals surface area (Å²) >= 11 is 0. The number of ether oxygens (including phenoxy) is 1. The molecule has 2 aliphatic heterocycles. The van der Waals surface area contributed by atoms with Gasteiger partial charge in [-0.3, -0.25) is 4.79 Å². The Morgan fingerprint density at radius 2 is 2.04 bits per heavy atom. The molecule has 2 heterocycles. The number of rotatable bonds is 3. The van der Waals surface area contributed by atoms with E-state index >= 15 is 0 Å². The van der Waals surface area contributed by atoms with E-state index in [9.17, 15) is 4.79 Å². The number of fused-ring (bicyclic) bond motifs is 1. The van der Waals surface area contributed by atoms with Gasteiger partial charge in [0.2, 0.25) is 5.91 Å². The maximum Gasteiger partial charge on any atom is 0.244 e. The highest BCUT2D eigenvalue weighted by atomic mass is 16.5. The first kappa shape index (κ1) is 15.2. The number of hydrogen-bond donors (Lipinski definition) is 1. The molecule has 0 aliphatic carbocycles. The second-order valence-corrected chi connectivity index (χ2v) is 6.42. The summed E-state index contributed by atoms with van der Waals surface area (Å²) in [6, 6.07) is 14.4. The lowest BCUT2D eigenvalue weighted by Crippen LogP contribution is -2.42. The molecule has 2 aromatic carbocycles. The molecule has 1 saturated heterocycles. The summed E-state index contributed by atoms with van der Waals surface area (Å²) in [5.41, 5.74) is 4.72. The zero-order valence-electron chi connectivity index (χ0n) is 13.9. The molecule has 24 heavy (non-hydrogen) atoms. The molecule has 4 rings (SSSR count). The summed E-state index contributed by atoms with van der Waals surface area (Å²) in [5, 5.41) is 3.32. The minimum absolute atomic E-state index is 0.0133. The Labute approximate surface area is 142 Å². The van der Waals surface area contributed by atoms with Crippen LogP contribution in [0.4, 0.5) is 5.69 Å². The summed E-state index contributed by atoms with van der Waals surface area (Å²) < 4.78 is 5.24. The number of benzene rings is 2. The van der Waals surface area contributed by atoms with Gasteiger partial charge in [0.05, 0.1) is 13.2 Å².